The molecule has 0 aliphatic carbocycles. The zero-order valence-electron chi connectivity index (χ0n) is 19.5. The second-order valence-corrected chi connectivity index (χ2v) is 8.45. The molecule has 3 rings (SSSR count). The minimum Gasteiger partial charge on any atom is -0.507 e. The third kappa shape index (κ3) is 4.86. The summed E-state index contributed by atoms with van der Waals surface area (Å²) >= 11 is 0. The van der Waals surface area contributed by atoms with Crippen molar-refractivity contribution in [1.82, 2.24) is 9.80 Å². The molecule has 1 N–H and O–H groups in total. The lowest BCUT2D eigenvalue weighted by Crippen LogP contribution is -2.32. The van der Waals surface area contributed by atoms with Gasteiger partial charge >= 0.3 is 0 Å². The van der Waals surface area contributed by atoms with Crippen LogP contribution in [0.25, 0.3) is 5.76 Å². The third-order valence-electron chi connectivity index (χ3n) is 5.81. The lowest BCUT2D eigenvalue weighted by Gasteiger charge is -2.26. The van der Waals surface area contributed by atoms with E-state index in [9.17, 15) is 14.7 Å². The van der Waals surface area contributed by atoms with Gasteiger partial charge in [-0.05, 0) is 82.7 Å². The predicted octanol–water partition coefficient (Wildman–Crippen LogP) is 4.08. The second kappa shape index (κ2) is 10.0. The number of aliphatic hydroxyl groups is 1. The minimum atomic E-state index is -0.667. The van der Waals surface area contributed by atoms with Crippen LogP contribution in [0.5, 0.6) is 5.75 Å². The van der Waals surface area contributed by atoms with Gasteiger partial charge in [0.1, 0.15) is 11.5 Å². The molecule has 0 bridgehead atoms. The van der Waals surface area contributed by atoms with Crippen molar-refractivity contribution in [2.24, 2.45) is 0 Å². The van der Waals surface area contributed by atoms with E-state index in [0.29, 0.717) is 30.9 Å². The van der Waals surface area contributed by atoms with E-state index in [-0.39, 0.29) is 11.3 Å². The zero-order chi connectivity index (χ0) is 23.4. The molecule has 1 unspecified atom stereocenters. The van der Waals surface area contributed by atoms with Gasteiger partial charge in [-0.2, -0.15) is 0 Å². The highest BCUT2D eigenvalue weighted by Gasteiger charge is 2.45. The number of likely N-dealkylation sites (tertiary alicyclic amines) is 1. The summed E-state index contributed by atoms with van der Waals surface area (Å²) in [6.45, 7) is 7.55. The van der Waals surface area contributed by atoms with Crippen molar-refractivity contribution in [3.05, 3.63) is 70.3 Å². The van der Waals surface area contributed by atoms with Crippen LogP contribution in [0.4, 0.5) is 0 Å². The van der Waals surface area contributed by atoms with Crippen LogP contribution in [0, 0.1) is 13.8 Å². The van der Waals surface area contributed by atoms with E-state index in [0.717, 1.165) is 23.2 Å². The Morgan fingerprint density at radius 1 is 1.09 bits per heavy atom. The molecule has 1 saturated heterocycles. The van der Waals surface area contributed by atoms with Gasteiger partial charge in [0.15, 0.2) is 0 Å². The summed E-state index contributed by atoms with van der Waals surface area (Å²) in [6.07, 6.45) is 0.714. The summed E-state index contributed by atoms with van der Waals surface area (Å²) in [5, 5.41) is 11.2. The number of carbonyl (C=O) groups excluding carboxylic acids is 2. The molecule has 0 saturated carbocycles. The Hall–Kier alpha value is -3.12. The van der Waals surface area contributed by atoms with Crippen molar-refractivity contribution in [3.8, 4) is 5.75 Å². The van der Waals surface area contributed by atoms with E-state index in [2.05, 4.69) is 0 Å². The summed E-state index contributed by atoms with van der Waals surface area (Å²) in [4.78, 5) is 29.8. The van der Waals surface area contributed by atoms with E-state index < -0.39 is 17.7 Å². The van der Waals surface area contributed by atoms with E-state index >= 15 is 0 Å². The Morgan fingerprint density at radius 3 is 2.50 bits per heavy atom. The van der Waals surface area contributed by atoms with Gasteiger partial charge in [0.2, 0.25) is 0 Å². The monoisotopic (exact) mass is 436 g/mol. The van der Waals surface area contributed by atoms with Crippen molar-refractivity contribution < 1.29 is 19.4 Å². The maximum Gasteiger partial charge on any atom is 0.295 e. The maximum absolute atomic E-state index is 13.1. The Labute approximate surface area is 190 Å². The number of carbonyl (C=O) groups is 2. The third-order valence-corrected chi connectivity index (χ3v) is 5.81. The standard InChI is InChI=1S/C26H32N2O4/c1-6-32-21-10-7-9-19(16-21)23-22(24(29)20-12-11-17(2)18(3)15-20)25(30)26(31)28(23)14-8-13-27(4)5/h7,9-12,15-16,23,29H,6,8,13-14H2,1-5H3/b24-22-. The van der Waals surface area contributed by atoms with Crippen molar-refractivity contribution >= 4 is 17.4 Å². The summed E-state index contributed by atoms with van der Waals surface area (Å²) in [7, 11) is 3.94. The first kappa shape index (κ1) is 23.5. The Morgan fingerprint density at radius 2 is 1.84 bits per heavy atom. The lowest BCUT2D eigenvalue weighted by molar-refractivity contribution is -0.139. The van der Waals surface area contributed by atoms with Crippen LogP contribution in [0.3, 0.4) is 0 Å². The van der Waals surface area contributed by atoms with Gasteiger partial charge in [0, 0.05) is 12.1 Å². The van der Waals surface area contributed by atoms with Crippen molar-refractivity contribution in [3.63, 3.8) is 0 Å². The normalized spacial score (nSPS) is 17.9. The topological polar surface area (TPSA) is 70.1 Å². The molecule has 1 aliphatic rings. The Bertz CT molecular complexity index is 1040. The van der Waals surface area contributed by atoms with Gasteiger partial charge in [0.25, 0.3) is 11.7 Å². The maximum atomic E-state index is 13.1. The van der Waals surface area contributed by atoms with Crippen LogP contribution < -0.4 is 4.74 Å². The number of hydrogen-bond donors (Lipinski definition) is 1. The quantitative estimate of drug-likeness (QED) is 0.384. The van der Waals surface area contributed by atoms with Crippen LogP contribution in [-0.2, 0) is 9.59 Å². The van der Waals surface area contributed by atoms with Gasteiger partial charge in [0.05, 0.1) is 18.2 Å². The molecule has 2 aromatic rings. The number of ether oxygens (including phenoxy) is 1. The molecule has 0 aromatic heterocycles. The highest BCUT2D eigenvalue weighted by atomic mass is 16.5. The Kier molecular flexibility index (Phi) is 7.36. The van der Waals surface area contributed by atoms with Crippen LogP contribution in [0.2, 0.25) is 0 Å². The number of hydrogen-bond acceptors (Lipinski definition) is 5. The first-order valence-electron chi connectivity index (χ1n) is 11.0. The molecule has 1 amide bonds. The summed E-state index contributed by atoms with van der Waals surface area (Å²) in [6, 6.07) is 12.3. The van der Waals surface area contributed by atoms with E-state index in [1.54, 1.807) is 11.0 Å². The average Bonchev–Trinajstić information content (AvgIpc) is 3.00. The molecule has 1 heterocycles. The summed E-state index contributed by atoms with van der Waals surface area (Å²) in [5.74, 6) is -0.721. The number of amides is 1. The first-order chi connectivity index (χ1) is 15.2. The number of ketones is 1. The molecular weight excluding hydrogens is 404 g/mol. The smallest absolute Gasteiger partial charge is 0.295 e. The van der Waals surface area contributed by atoms with Gasteiger partial charge in [-0.1, -0.05) is 24.3 Å². The van der Waals surface area contributed by atoms with E-state index in [4.69, 9.17) is 4.74 Å². The molecule has 2 aromatic carbocycles. The second-order valence-electron chi connectivity index (χ2n) is 8.45. The van der Waals surface area contributed by atoms with E-state index in [1.165, 1.54) is 0 Å². The number of aryl methyl sites for hydroxylation is 2. The molecule has 1 aliphatic heterocycles. The van der Waals surface area contributed by atoms with Crippen molar-refractivity contribution in [2.75, 3.05) is 33.8 Å². The van der Waals surface area contributed by atoms with Crippen LogP contribution >= 0.6 is 0 Å². The fourth-order valence-electron chi connectivity index (χ4n) is 4.00. The number of rotatable bonds is 8. The fourth-order valence-corrected chi connectivity index (χ4v) is 4.00. The number of aliphatic hydroxyl groups excluding tert-OH is 1. The highest BCUT2D eigenvalue weighted by Crippen LogP contribution is 2.40. The number of benzene rings is 2. The SMILES string of the molecule is CCOc1cccc(C2/C(=C(/O)c3ccc(C)c(C)c3)C(=O)C(=O)N2CCCN(C)C)c1. The summed E-state index contributed by atoms with van der Waals surface area (Å²) < 4.78 is 5.64. The molecule has 1 atom stereocenters. The van der Waals surface area contributed by atoms with Crippen LogP contribution in [0.15, 0.2) is 48.0 Å². The van der Waals surface area contributed by atoms with Crippen LogP contribution in [0.1, 0.15) is 41.6 Å². The van der Waals surface area contributed by atoms with Crippen LogP contribution in [-0.4, -0.2) is 60.4 Å². The van der Waals surface area contributed by atoms with E-state index in [1.807, 2.05) is 76.2 Å². The van der Waals surface area contributed by atoms with Gasteiger partial charge in [-0.25, -0.2) is 0 Å². The molecule has 6 nitrogen and oxygen atoms in total. The van der Waals surface area contributed by atoms with Gasteiger partial charge in [-0.3, -0.25) is 9.59 Å². The molecular formula is C26H32N2O4. The molecule has 32 heavy (non-hydrogen) atoms. The molecule has 170 valence electrons. The zero-order valence-corrected chi connectivity index (χ0v) is 19.5. The molecule has 0 spiro atoms. The molecule has 6 heteroatoms. The Balaban J connectivity index is 2.12. The van der Waals surface area contributed by atoms with Gasteiger partial charge < -0.3 is 19.6 Å². The lowest BCUT2D eigenvalue weighted by atomic mass is 9.94. The minimum absolute atomic E-state index is 0.122. The van der Waals surface area contributed by atoms with Crippen molar-refractivity contribution in [2.45, 2.75) is 33.2 Å². The fraction of sp³-hybridized carbons (Fsp3) is 0.385. The first-order valence-corrected chi connectivity index (χ1v) is 11.0. The molecule has 1 fully saturated rings. The number of nitrogens with zero attached hydrogens (tertiary/aromatic N) is 2. The number of Topliss-reactive ketones (excluding diaryl/α,β-unsaturated/α-hetero) is 1. The average molecular weight is 437 g/mol. The predicted molar refractivity (Wildman–Crippen MR) is 126 cm³/mol. The van der Waals surface area contributed by atoms with Crippen molar-refractivity contribution in [1.29, 1.82) is 0 Å². The highest BCUT2D eigenvalue weighted by molar-refractivity contribution is 6.46. The largest absolute Gasteiger partial charge is 0.507 e. The molecule has 0 radical (unpaired) electrons. The van der Waals surface area contributed by atoms with Gasteiger partial charge in [-0.15, -0.1) is 0 Å². The summed E-state index contributed by atoms with van der Waals surface area (Å²) in [5.41, 5.74) is 3.49.